The molecule has 7 nitrogen and oxygen atoms in total. The number of hydrogen-bond acceptors (Lipinski definition) is 6. The molecule has 0 amide bonds. The largest absolute Gasteiger partial charge is 0.458 e. The molecule has 1 aliphatic heterocycles. The van der Waals surface area contributed by atoms with E-state index in [0.29, 0.717) is 11.5 Å². The summed E-state index contributed by atoms with van der Waals surface area (Å²) in [5.74, 6) is 0.108. The van der Waals surface area contributed by atoms with E-state index in [1.165, 1.54) is 18.2 Å². The molecule has 0 saturated carbocycles. The van der Waals surface area contributed by atoms with Crippen LogP contribution in [-0.4, -0.2) is 17.7 Å². The van der Waals surface area contributed by atoms with Crippen molar-refractivity contribution in [1.29, 1.82) is 0 Å². The predicted molar refractivity (Wildman–Crippen MR) is 102 cm³/mol. The van der Waals surface area contributed by atoms with E-state index < -0.39 is 10.9 Å². The maximum Gasteiger partial charge on any atom is 0.331 e. The zero-order chi connectivity index (χ0) is 19.5. The van der Waals surface area contributed by atoms with Crippen molar-refractivity contribution in [2.75, 3.05) is 6.79 Å². The third-order valence-electron chi connectivity index (χ3n) is 4.37. The molecule has 0 aromatic heterocycles. The summed E-state index contributed by atoms with van der Waals surface area (Å²) >= 11 is 0. The second kappa shape index (κ2) is 7.40. The van der Waals surface area contributed by atoms with Crippen LogP contribution in [0.5, 0.6) is 11.5 Å². The van der Waals surface area contributed by atoms with Crippen molar-refractivity contribution in [2.24, 2.45) is 0 Å². The van der Waals surface area contributed by atoms with Crippen LogP contribution in [0.2, 0.25) is 0 Å². The Hall–Kier alpha value is -3.87. The van der Waals surface area contributed by atoms with Crippen molar-refractivity contribution in [3.05, 3.63) is 81.9 Å². The van der Waals surface area contributed by atoms with Crippen molar-refractivity contribution in [3.8, 4) is 11.5 Å². The Labute approximate surface area is 159 Å². The normalized spacial score (nSPS) is 12.4. The van der Waals surface area contributed by atoms with Crippen molar-refractivity contribution < 1.29 is 23.9 Å². The van der Waals surface area contributed by atoms with Crippen LogP contribution in [0.4, 0.5) is 5.69 Å². The molecule has 3 aromatic carbocycles. The van der Waals surface area contributed by atoms with E-state index in [0.717, 1.165) is 22.4 Å². The zero-order valence-electron chi connectivity index (χ0n) is 14.7. The highest BCUT2D eigenvalue weighted by molar-refractivity contribution is 5.89. The van der Waals surface area contributed by atoms with Crippen molar-refractivity contribution in [1.82, 2.24) is 0 Å². The first kappa shape index (κ1) is 17.5. The fourth-order valence-electron chi connectivity index (χ4n) is 3.01. The number of ether oxygens (including phenoxy) is 3. The summed E-state index contributed by atoms with van der Waals surface area (Å²) in [4.78, 5) is 22.8. The maximum absolute atomic E-state index is 12.1. The van der Waals surface area contributed by atoms with Gasteiger partial charge >= 0.3 is 5.97 Å². The van der Waals surface area contributed by atoms with Crippen LogP contribution in [0.3, 0.4) is 0 Å². The van der Waals surface area contributed by atoms with Gasteiger partial charge in [0.2, 0.25) is 6.79 Å². The molecule has 0 atom stereocenters. The number of benzene rings is 3. The summed E-state index contributed by atoms with van der Waals surface area (Å²) in [6.45, 7) is 0.112. The third-order valence-corrected chi connectivity index (χ3v) is 4.37. The fraction of sp³-hybridized carbons (Fsp3) is 0.0952. The Bertz CT molecular complexity index is 1100. The van der Waals surface area contributed by atoms with Gasteiger partial charge in [0.1, 0.15) is 6.61 Å². The van der Waals surface area contributed by atoms with E-state index in [9.17, 15) is 14.9 Å². The zero-order valence-corrected chi connectivity index (χ0v) is 14.7. The molecule has 0 radical (unpaired) electrons. The Morgan fingerprint density at radius 2 is 1.86 bits per heavy atom. The molecule has 4 rings (SSSR count). The van der Waals surface area contributed by atoms with E-state index in [2.05, 4.69) is 0 Å². The van der Waals surface area contributed by atoms with Crippen molar-refractivity contribution in [2.45, 2.75) is 6.61 Å². The topological polar surface area (TPSA) is 87.9 Å². The van der Waals surface area contributed by atoms with Crippen LogP contribution >= 0.6 is 0 Å². The number of nitro groups is 1. The molecule has 0 unspecified atom stereocenters. The summed E-state index contributed by atoms with van der Waals surface area (Å²) in [6, 6.07) is 16.3. The number of carbonyl (C=O) groups excluding carboxylic acids is 1. The summed E-state index contributed by atoms with van der Waals surface area (Å²) in [6.07, 6.45) is 2.50. The molecule has 28 heavy (non-hydrogen) atoms. The number of nitro benzene ring substituents is 1. The van der Waals surface area contributed by atoms with E-state index in [1.807, 2.05) is 42.5 Å². The minimum Gasteiger partial charge on any atom is -0.458 e. The minimum absolute atomic E-state index is 0.00668. The SMILES string of the molecule is O=C(/C=C/c1cc2c(cc1[N+](=O)[O-])OCO2)OCc1cccc2ccccc12. The van der Waals surface area contributed by atoms with Crippen LogP contribution in [0.25, 0.3) is 16.8 Å². The summed E-state index contributed by atoms with van der Waals surface area (Å²) < 4.78 is 15.7. The first-order valence-corrected chi connectivity index (χ1v) is 8.51. The Kier molecular flexibility index (Phi) is 4.63. The van der Waals surface area contributed by atoms with Gasteiger partial charge in [0.25, 0.3) is 5.69 Å². The molecule has 7 heteroatoms. The van der Waals surface area contributed by atoms with Crippen LogP contribution in [0.1, 0.15) is 11.1 Å². The number of carbonyl (C=O) groups is 1. The molecule has 3 aromatic rings. The third kappa shape index (κ3) is 3.50. The van der Waals surface area contributed by atoms with Gasteiger partial charge in [0.15, 0.2) is 11.5 Å². The van der Waals surface area contributed by atoms with Crippen LogP contribution in [0, 0.1) is 10.1 Å². The Balaban J connectivity index is 1.49. The molecule has 1 heterocycles. The minimum atomic E-state index is -0.597. The number of nitrogens with zero attached hydrogens (tertiary/aromatic N) is 1. The molecule has 0 N–H and O–H groups in total. The van der Waals surface area contributed by atoms with Gasteiger partial charge in [-0.1, -0.05) is 42.5 Å². The summed E-state index contributed by atoms with van der Waals surface area (Å²) in [7, 11) is 0. The first-order chi connectivity index (χ1) is 13.6. The standard InChI is InChI=1S/C21H15NO6/c23-21(26-12-16-6-3-5-14-4-1-2-7-17(14)16)9-8-15-10-19-20(28-13-27-19)11-18(15)22(24)25/h1-11H,12-13H2/b9-8+. The quantitative estimate of drug-likeness (QED) is 0.286. The average molecular weight is 377 g/mol. The highest BCUT2D eigenvalue weighted by atomic mass is 16.7. The lowest BCUT2D eigenvalue weighted by atomic mass is 10.1. The van der Waals surface area contributed by atoms with Crippen molar-refractivity contribution in [3.63, 3.8) is 0 Å². The fourth-order valence-corrected chi connectivity index (χ4v) is 3.01. The highest BCUT2D eigenvalue weighted by Gasteiger charge is 2.22. The Morgan fingerprint density at radius 1 is 1.11 bits per heavy atom. The number of esters is 1. The lowest BCUT2D eigenvalue weighted by Crippen LogP contribution is -2.01. The van der Waals surface area contributed by atoms with E-state index in [1.54, 1.807) is 0 Å². The van der Waals surface area contributed by atoms with Gasteiger partial charge in [-0.3, -0.25) is 10.1 Å². The molecule has 0 saturated heterocycles. The van der Waals surface area contributed by atoms with Gasteiger partial charge in [-0.15, -0.1) is 0 Å². The van der Waals surface area contributed by atoms with E-state index in [-0.39, 0.29) is 24.7 Å². The van der Waals surface area contributed by atoms with Crippen LogP contribution < -0.4 is 9.47 Å². The molecule has 0 aliphatic carbocycles. The van der Waals surface area contributed by atoms with Gasteiger partial charge in [0, 0.05) is 6.08 Å². The molecule has 140 valence electrons. The maximum atomic E-state index is 12.1. The molecule has 0 bridgehead atoms. The first-order valence-electron chi connectivity index (χ1n) is 8.51. The van der Waals surface area contributed by atoms with Gasteiger partial charge in [-0.05, 0) is 28.5 Å². The monoisotopic (exact) mass is 377 g/mol. The predicted octanol–water partition coefficient (Wildman–Crippen LogP) is 4.23. The molecular weight excluding hydrogens is 362 g/mol. The van der Waals surface area contributed by atoms with Crippen molar-refractivity contribution >= 4 is 28.5 Å². The number of hydrogen-bond donors (Lipinski definition) is 0. The number of fused-ring (bicyclic) bond motifs is 2. The van der Waals surface area contributed by atoms with Gasteiger partial charge in [-0.25, -0.2) is 4.79 Å². The van der Waals surface area contributed by atoms with E-state index >= 15 is 0 Å². The lowest BCUT2D eigenvalue weighted by Gasteiger charge is -2.06. The van der Waals surface area contributed by atoms with Gasteiger partial charge in [0.05, 0.1) is 16.6 Å². The summed E-state index contributed by atoms with van der Waals surface area (Å²) in [5, 5.41) is 13.3. The Morgan fingerprint density at radius 3 is 2.68 bits per heavy atom. The highest BCUT2D eigenvalue weighted by Crippen LogP contribution is 2.38. The summed E-state index contributed by atoms with van der Waals surface area (Å²) in [5.41, 5.74) is 0.938. The van der Waals surface area contributed by atoms with Gasteiger partial charge < -0.3 is 14.2 Å². The second-order valence-corrected chi connectivity index (χ2v) is 6.10. The lowest BCUT2D eigenvalue weighted by molar-refractivity contribution is -0.385. The second-order valence-electron chi connectivity index (χ2n) is 6.10. The molecule has 1 aliphatic rings. The molecular formula is C21H15NO6. The van der Waals surface area contributed by atoms with Crippen LogP contribution in [-0.2, 0) is 16.1 Å². The molecule has 0 spiro atoms. The van der Waals surface area contributed by atoms with Gasteiger partial charge in [-0.2, -0.15) is 0 Å². The van der Waals surface area contributed by atoms with Crippen LogP contribution in [0.15, 0.2) is 60.7 Å². The number of rotatable bonds is 5. The average Bonchev–Trinajstić information content (AvgIpc) is 3.17. The smallest absolute Gasteiger partial charge is 0.331 e. The van der Waals surface area contributed by atoms with E-state index in [4.69, 9.17) is 14.2 Å². The molecule has 0 fully saturated rings.